The van der Waals surface area contributed by atoms with Crippen LogP contribution in [0.25, 0.3) is 11.3 Å². The van der Waals surface area contributed by atoms with Crippen molar-refractivity contribution >= 4 is 121 Å². The molecule has 5 saturated heterocycles. The number of carboxylic acid groups (broad SMARTS) is 1. The number of aliphatic imine (C=N–C) groups is 2. The van der Waals surface area contributed by atoms with Gasteiger partial charge < -0.3 is 49.4 Å². The highest BCUT2D eigenvalue weighted by atomic mass is 35.5. The smallest absolute Gasteiger partial charge is 0.338 e. The number of ether oxygens (including phenoxy) is 3. The van der Waals surface area contributed by atoms with E-state index in [1.54, 1.807) is 40.1 Å². The number of nitrogens with zero attached hydrogens (tertiary/aromatic N) is 12. The number of Topliss-reactive ketones (excluding diaryl/α,β-unsaturated/α-hetero) is 1. The number of hydrogen-bond donors (Lipinski definition) is 3. The number of methoxy groups -OCH3 is 2. The number of benzene rings is 4. The fraction of sp³-hybridized carbons (Fsp3) is 0.357. The number of amidine groups is 2. The molecule has 14 rings (SSSR count). The summed E-state index contributed by atoms with van der Waals surface area (Å²) in [4.78, 5) is 113. The second-order valence-corrected chi connectivity index (χ2v) is 28.6. The zero-order chi connectivity index (χ0) is 71.5. The summed E-state index contributed by atoms with van der Waals surface area (Å²) in [5.74, 6) is -2.56. The van der Waals surface area contributed by atoms with Gasteiger partial charge in [0.25, 0.3) is 0 Å². The predicted molar refractivity (Wildman–Crippen MR) is 381 cm³/mol. The average molecular weight is 1490 g/mol. The predicted octanol–water partition coefficient (Wildman–Crippen LogP) is 10.0. The number of morpholine rings is 1. The molecule has 3 N–H and O–H groups in total. The number of nitrogens with one attached hydrogen (secondary N) is 2. The summed E-state index contributed by atoms with van der Waals surface area (Å²) in [6, 6.07) is 18.1. The highest BCUT2D eigenvalue weighted by Crippen LogP contribution is 2.41. The lowest BCUT2D eigenvalue weighted by molar-refractivity contribution is -0.138. The first-order chi connectivity index (χ1) is 49.2. The Hall–Kier alpha value is -9.14. The van der Waals surface area contributed by atoms with Crippen LogP contribution in [-0.4, -0.2) is 205 Å². The first-order valence-corrected chi connectivity index (χ1v) is 36.2. The van der Waals surface area contributed by atoms with E-state index in [-0.39, 0.29) is 70.2 Å². The maximum atomic E-state index is 15.1. The van der Waals surface area contributed by atoms with E-state index in [0.717, 1.165) is 16.8 Å². The minimum Gasteiger partial charge on any atom is -0.481 e. The summed E-state index contributed by atoms with van der Waals surface area (Å²) in [6.45, 7) is 7.26. The molecule has 7 aromatic rings. The van der Waals surface area contributed by atoms with Gasteiger partial charge in [0.2, 0.25) is 0 Å². The molecule has 5 atom stereocenters. The molecule has 7 aliphatic rings. The summed E-state index contributed by atoms with van der Waals surface area (Å²) in [7, 11) is 2.59. The zero-order valence-electron chi connectivity index (χ0n) is 55.4. The molecule has 0 aliphatic carbocycles. The number of esters is 2. The molecule has 0 spiro atoms. The molecule has 532 valence electrons. The van der Waals surface area contributed by atoms with Crippen LogP contribution >= 0.6 is 57.2 Å². The number of carboxylic acids is 1. The van der Waals surface area contributed by atoms with Crippen molar-refractivity contribution in [3.05, 3.63) is 184 Å². The number of fused-ring (bicyclic) bond motifs is 2. The van der Waals surface area contributed by atoms with Crippen molar-refractivity contribution in [2.45, 2.75) is 62.9 Å². The normalized spacial score (nSPS) is 20.9. The van der Waals surface area contributed by atoms with Gasteiger partial charge in [0.05, 0.1) is 68.1 Å². The molecule has 102 heavy (non-hydrogen) atoms. The van der Waals surface area contributed by atoms with Crippen LogP contribution < -0.4 is 25.3 Å². The molecular weight excluding hydrogens is 1420 g/mol. The van der Waals surface area contributed by atoms with E-state index in [1.807, 2.05) is 50.2 Å². The Balaban J connectivity index is 0.000000182. The molecule has 3 aromatic heterocycles. The van der Waals surface area contributed by atoms with Crippen molar-refractivity contribution in [1.82, 2.24) is 45.2 Å². The number of aromatic nitrogens is 3. The number of halogens is 5. The van der Waals surface area contributed by atoms with Crippen LogP contribution in [0.1, 0.15) is 65.0 Å². The van der Waals surface area contributed by atoms with Gasteiger partial charge in [-0.1, -0.05) is 53.5 Å². The van der Waals surface area contributed by atoms with Crippen molar-refractivity contribution in [2.24, 2.45) is 9.98 Å². The number of anilines is 3. The molecule has 5 fully saturated rings. The SMILES string of the molecule is COC(=O)C1=C(CN2CCN3C(=O)N(c4cc(F)cc(N5CCO[C@H](CCC(=O)O)C5)c4)C[C@@H]3C2)NC(c2nccs2)=N[C@H]1c1ccc(F)cc1Cl.COC(=O)C1=C(CN2CCN3C(=O)N(c4nc(-c5cccc(CCC(C)=O)c5)cs4)C[C@@H]3C2)NC(c2nccs2)=N[C@H]1c1ccc(F)cc1Cl. The fourth-order valence-electron chi connectivity index (χ4n) is 13.6. The minimum atomic E-state index is -0.902. The number of hydrogen-bond acceptors (Lipinski definition) is 22. The van der Waals surface area contributed by atoms with Crippen molar-refractivity contribution in [1.29, 1.82) is 0 Å². The molecule has 4 aromatic carbocycles. The highest BCUT2D eigenvalue weighted by Gasteiger charge is 2.46. The molecule has 32 heteroatoms. The van der Waals surface area contributed by atoms with Gasteiger partial charge in [-0.25, -0.2) is 47.3 Å². The van der Waals surface area contributed by atoms with Crippen molar-refractivity contribution in [3.8, 4) is 11.3 Å². The fourth-order valence-corrected chi connectivity index (χ4v) is 16.2. The van der Waals surface area contributed by atoms with Gasteiger partial charge in [-0.3, -0.25) is 34.4 Å². The monoisotopic (exact) mass is 1490 g/mol. The average Bonchev–Trinajstić information content (AvgIpc) is 1.31. The number of aryl methyl sites for hydroxylation is 1. The topological polar surface area (TPSA) is 260 Å². The molecule has 10 heterocycles. The van der Waals surface area contributed by atoms with Crippen molar-refractivity contribution in [2.75, 3.05) is 114 Å². The molecule has 0 saturated carbocycles. The van der Waals surface area contributed by atoms with E-state index in [9.17, 15) is 37.5 Å². The Kier molecular flexibility index (Phi) is 21.8. The zero-order valence-corrected chi connectivity index (χ0v) is 59.4. The van der Waals surface area contributed by atoms with Gasteiger partial charge in [0, 0.05) is 157 Å². The van der Waals surface area contributed by atoms with Crippen LogP contribution in [0.5, 0.6) is 0 Å². The number of urea groups is 2. The van der Waals surface area contributed by atoms with Crippen LogP contribution in [0, 0.1) is 17.5 Å². The minimum absolute atomic E-state index is 0.0233. The summed E-state index contributed by atoms with van der Waals surface area (Å²) in [6.07, 6.45) is 4.50. The summed E-state index contributed by atoms with van der Waals surface area (Å²) >= 11 is 17.2. The first kappa shape index (κ1) is 71.3. The molecule has 0 bridgehead atoms. The van der Waals surface area contributed by atoms with E-state index in [2.05, 4.69) is 30.4 Å². The van der Waals surface area contributed by atoms with Crippen LogP contribution in [0.2, 0.25) is 10.0 Å². The van der Waals surface area contributed by atoms with Gasteiger partial charge in [0.1, 0.15) is 35.3 Å². The Morgan fingerprint density at radius 1 is 0.657 bits per heavy atom. The lowest BCUT2D eigenvalue weighted by atomic mass is 9.95. The van der Waals surface area contributed by atoms with Gasteiger partial charge in [-0.15, -0.1) is 34.0 Å². The maximum absolute atomic E-state index is 15.1. The first-order valence-electron chi connectivity index (χ1n) is 32.8. The number of aliphatic carboxylic acids is 1. The van der Waals surface area contributed by atoms with E-state index < -0.39 is 47.4 Å². The van der Waals surface area contributed by atoms with E-state index in [0.29, 0.717) is 159 Å². The Bertz CT molecular complexity index is 4510. The van der Waals surface area contributed by atoms with Crippen molar-refractivity contribution in [3.63, 3.8) is 0 Å². The number of ketones is 1. The number of carbonyl (C=O) groups is 6. The number of thiazole rings is 3. The number of carbonyl (C=O) groups excluding carboxylic acids is 5. The second-order valence-electron chi connectivity index (χ2n) is 25.2. The maximum Gasteiger partial charge on any atom is 0.338 e. The van der Waals surface area contributed by atoms with Crippen LogP contribution in [0.15, 0.2) is 140 Å². The standard InChI is InChI=1S/C35H36ClF2N7O6S.C35H33ClFN7O4S2/c1-50-34(48)30-28(40-32(33-39-6-11-52-33)41-31(30)26-4-2-20(37)14-27(26)36)19-42-7-8-44-24(16-42)17-45(35(44)49)23-13-21(38)12-22(15-23)43-9-10-51-25(18-43)3-5-29(46)47;1-20(45)6-7-21-4-3-5-22(14-21)28-19-50-34(40-28)44-17-24-16-42(11-12-43(24)35(44)47)18-27-29(33(46)48-2)30(25-9-8-23(37)15-26(25)36)41-31(39-27)32-38-10-13-49-32/h2,4,6,11-15,24-25,31H,3,5,7-10,16-19H2,1H3,(H,40,41)(H,46,47);3-5,8-10,13-15,19,24,30H,6-7,11-12,16-18H2,1-2H3,(H,39,41)/t24-,25+,31-;24-,30-/m00/s1. The molecule has 0 radical (unpaired) electrons. The molecule has 0 unspecified atom stereocenters. The summed E-state index contributed by atoms with van der Waals surface area (Å²) in [5, 5.41) is 23.4. The largest absolute Gasteiger partial charge is 0.481 e. The summed E-state index contributed by atoms with van der Waals surface area (Å²) < 4.78 is 59.4. The van der Waals surface area contributed by atoms with E-state index in [4.69, 9.17) is 57.5 Å². The third-order valence-electron chi connectivity index (χ3n) is 18.6. The lowest BCUT2D eigenvalue weighted by Crippen LogP contribution is -2.53. The Morgan fingerprint density at radius 2 is 1.23 bits per heavy atom. The number of amides is 4. The number of piperazine rings is 2. The molecule has 24 nitrogen and oxygen atoms in total. The van der Waals surface area contributed by atoms with E-state index >= 15 is 4.39 Å². The van der Waals surface area contributed by atoms with Crippen LogP contribution in [0.3, 0.4) is 0 Å². The quantitative estimate of drug-likeness (QED) is 0.0599. The number of rotatable bonds is 20. The van der Waals surface area contributed by atoms with Crippen LogP contribution in [0.4, 0.5) is 39.3 Å². The second kappa shape index (κ2) is 31.2. The van der Waals surface area contributed by atoms with Gasteiger partial charge >= 0.3 is 30.0 Å². The molecule has 4 amide bonds. The van der Waals surface area contributed by atoms with Crippen LogP contribution in [-0.2, 0) is 39.8 Å². The van der Waals surface area contributed by atoms with Crippen molar-refractivity contribution < 1.29 is 61.3 Å². The van der Waals surface area contributed by atoms with Gasteiger partial charge in [0.15, 0.2) is 26.8 Å². The van der Waals surface area contributed by atoms with Gasteiger partial charge in [-0.05, 0) is 73.9 Å². The molecular formula is C70H69Cl2F3N14O10S3. The third kappa shape index (κ3) is 15.7. The summed E-state index contributed by atoms with van der Waals surface area (Å²) in [5.41, 5.74) is 6.32. The Morgan fingerprint density at radius 3 is 1.76 bits per heavy atom. The third-order valence-corrected chi connectivity index (χ3v) is 21.6. The highest BCUT2D eigenvalue weighted by molar-refractivity contribution is 7.14. The van der Waals surface area contributed by atoms with E-state index in [1.165, 1.54) is 96.8 Å². The molecule has 7 aliphatic heterocycles. The Labute approximate surface area is 606 Å². The van der Waals surface area contributed by atoms with Gasteiger partial charge in [-0.2, -0.15) is 0 Å². The lowest BCUT2D eigenvalue weighted by Gasteiger charge is -2.38.